The standard InChI is InChI=1S/C19H26N4O2S2/c1-13-12-27-19(20-13)16(10-15-5-4-8-26-15)21-18(25)14-9-17(24)23(11-14)7-6-22(2)3/h4-5,8,12,14,16H,6-7,9-11H2,1-3H3,(H,21,25)/t14-,16+/m0/s1. The fraction of sp³-hybridized carbons (Fsp3) is 0.526. The maximum atomic E-state index is 12.9. The van der Waals surface area contributed by atoms with Crippen LogP contribution >= 0.6 is 22.7 Å². The van der Waals surface area contributed by atoms with E-state index in [4.69, 9.17) is 0 Å². The van der Waals surface area contributed by atoms with Crippen LogP contribution in [0.1, 0.15) is 28.0 Å². The van der Waals surface area contributed by atoms with Gasteiger partial charge in [0.2, 0.25) is 11.8 Å². The van der Waals surface area contributed by atoms with E-state index >= 15 is 0 Å². The average molecular weight is 407 g/mol. The van der Waals surface area contributed by atoms with Gasteiger partial charge in [0.25, 0.3) is 0 Å². The van der Waals surface area contributed by atoms with Gasteiger partial charge in [-0.2, -0.15) is 0 Å². The number of thiophene rings is 1. The molecule has 0 aliphatic carbocycles. The Morgan fingerprint density at radius 2 is 2.26 bits per heavy atom. The molecule has 1 aliphatic heterocycles. The minimum Gasteiger partial charge on any atom is -0.346 e. The normalized spacial score (nSPS) is 18.3. The van der Waals surface area contributed by atoms with Crippen molar-refractivity contribution in [3.8, 4) is 0 Å². The molecule has 146 valence electrons. The van der Waals surface area contributed by atoms with E-state index in [1.807, 2.05) is 42.7 Å². The van der Waals surface area contributed by atoms with Crippen LogP contribution in [0, 0.1) is 12.8 Å². The zero-order valence-corrected chi connectivity index (χ0v) is 17.6. The molecular formula is C19H26N4O2S2. The number of nitrogens with one attached hydrogen (secondary N) is 1. The van der Waals surface area contributed by atoms with Gasteiger partial charge in [0.05, 0.1) is 12.0 Å². The van der Waals surface area contributed by atoms with Crippen LogP contribution in [0.5, 0.6) is 0 Å². The highest BCUT2D eigenvalue weighted by atomic mass is 32.1. The third-order valence-corrected chi connectivity index (χ3v) is 6.61. The first-order chi connectivity index (χ1) is 12.9. The molecule has 2 atom stereocenters. The summed E-state index contributed by atoms with van der Waals surface area (Å²) in [6, 6.07) is 3.94. The Hall–Kier alpha value is -1.77. The average Bonchev–Trinajstić information content (AvgIpc) is 3.34. The summed E-state index contributed by atoms with van der Waals surface area (Å²) in [6.45, 7) is 3.93. The van der Waals surface area contributed by atoms with E-state index in [9.17, 15) is 9.59 Å². The maximum Gasteiger partial charge on any atom is 0.225 e. The number of amides is 2. The number of carbonyl (C=O) groups is 2. The van der Waals surface area contributed by atoms with Crippen LogP contribution < -0.4 is 5.32 Å². The molecule has 6 nitrogen and oxygen atoms in total. The molecule has 0 bridgehead atoms. The molecule has 1 N–H and O–H groups in total. The lowest BCUT2D eigenvalue weighted by atomic mass is 10.1. The van der Waals surface area contributed by atoms with Crippen molar-refractivity contribution in [2.75, 3.05) is 33.7 Å². The fourth-order valence-corrected chi connectivity index (χ4v) is 4.74. The van der Waals surface area contributed by atoms with Crippen LogP contribution in [0.4, 0.5) is 0 Å². The van der Waals surface area contributed by atoms with E-state index in [0.717, 1.165) is 23.7 Å². The highest BCUT2D eigenvalue weighted by molar-refractivity contribution is 7.10. The van der Waals surface area contributed by atoms with E-state index in [1.165, 1.54) is 4.88 Å². The van der Waals surface area contributed by atoms with Gasteiger partial charge in [-0.1, -0.05) is 6.07 Å². The Labute approximate surface area is 168 Å². The van der Waals surface area contributed by atoms with Gasteiger partial charge in [-0.25, -0.2) is 4.98 Å². The second-order valence-corrected chi connectivity index (χ2v) is 9.14. The van der Waals surface area contributed by atoms with Crippen LogP contribution in [-0.4, -0.2) is 60.3 Å². The van der Waals surface area contributed by atoms with Gasteiger partial charge in [-0.3, -0.25) is 9.59 Å². The van der Waals surface area contributed by atoms with E-state index < -0.39 is 0 Å². The van der Waals surface area contributed by atoms with Crippen LogP contribution in [0.3, 0.4) is 0 Å². The van der Waals surface area contributed by atoms with Crippen molar-refractivity contribution >= 4 is 34.5 Å². The summed E-state index contributed by atoms with van der Waals surface area (Å²) < 4.78 is 0. The fourth-order valence-electron chi connectivity index (χ4n) is 3.14. The molecule has 2 aromatic heterocycles. The molecule has 0 radical (unpaired) electrons. The summed E-state index contributed by atoms with van der Waals surface area (Å²) in [5.41, 5.74) is 0.964. The molecule has 1 fully saturated rings. The van der Waals surface area contributed by atoms with Crippen molar-refractivity contribution in [2.45, 2.75) is 25.8 Å². The van der Waals surface area contributed by atoms with Gasteiger partial charge >= 0.3 is 0 Å². The van der Waals surface area contributed by atoms with E-state index in [-0.39, 0.29) is 23.8 Å². The molecular weight excluding hydrogens is 380 g/mol. The number of thiazole rings is 1. The van der Waals surface area contributed by atoms with Gasteiger partial charge in [0, 0.05) is 48.4 Å². The van der Waals surface area contributed by atoms with Crippen LogP contribution in [0.2, 0.25) is 0 Å². The van der Waals surface area contributed by atoms with Gasteiger partial charge < -0.3 is 15.1 Å². The summed E-state index contributed by atoms with van der Waals surface area (Å²) in [6.07, 6.45) is 1.02. The van der Waals surface area contributed by atoms with Gasteiger partial charge in [-0.05, 0) is 32.5 Å². The summed E-state index contributed by atoms with van der Waals surface area (Å²) in [4.78, 5) is 34.7. The molecule has 27 heavy (non-hydrogen) atoms. The number of hydrogen-bond donors (Lipinski definition) is 1. The number of likely N-dealkylation sites (tertiary alicyclic amines) is 1. The Balaban J connectivity index is 1.65. The number of carbonyl (C=O) groups excluding carboxylic acids is 2. The second-order valence-electron chi connectivity index (χ2n) is 7.22. The largest absolute Gasteiger partial charge is 0.346 e. The number of hydrogen-bond acceptors (Lipinski definition) is 6. The molecule has 2 amide bonds. The summed E-state index contributed by atoms with van der Waals surface area (Å²) >= 11 is 3.25. The number of aromatic nitrogens is 1. The molecule has 3 heterocycles. The highest BCUT2D eigenvalue weighted by Crippen LogP contribution is 2.26. The molecule has 8 heteroatoms. The quantitative estimate of drug-likeness (QED) is 0.731. The van der Waals surface area contributed by atoms with Gasteiger partial charge in [0.1, 0.15) is 5.01 Å². The SMILES string of the molecule is Cc1csc([C@@H](Cc2cccs2)NC(=O)[C@H]2CC(=O)N(CCN(C)C)C2)n1. The van der Waals surface area contributed by atoms with E-state index in [1.54, 1.807) is 27.6 Å². The zero-order chi connectivity index (χ0) is 19.4. The van der Waals surface area contributed by atoms with Gasteiger partial charge in [0.15, 0.2) is 0 Å². The highest BCUT2D eigenvalue weighted by Gasteiger charge is 2.35. The molecule has 0 unspecified atom stereocenters. The summed E-state index contributed by atoms with van der Waals surface area (Å²) in [5.74, 6) is -0.270. The van der Waals surface area contributed by atoms with Crippen molar-refractivity contribution in [1.29, 1.82) is 0 Å². The first-order valence-corrected chi connectivity index (χ1v) is 10.9. The van der Waals surface area contributed by atoms with Crippen LogP contribution in [0.15, 0.2) is 22.9 Å². The Morgan fingerprint density at radius 3 is 2.89 bits per heavy atom. The molecule has 3 rings (SSSR count). The second kappa shape index (κ2) is 8.95. The first kappa shape index (κ1) is 20.0. The minimum absolute atomic E-state index is 0.0508. The Morgan fingerprint density at radius 1 is 1.44 bits per heavy atom. The van der Waals surface area contributed by atoms with Gasteiger partial charge in [-0.15, -0.1) is 22.7 Å². The topological polar surface area (TPSA) is 65.5 Å². The summed E-state index contributed by atoms with van der Waals surface area (Å²) in [5, 5.41) is 8.12. The van der Waals surface area contributed by atoms with Crippen molar-refractivity contribution in [2.24, 2.45) is 5.92 Å². The van der Waals surface area contributed by atoms with E-state index in [0.29, 0.717) is 19.5 Å². The molecule has 1 saturated heterocycles. The Bertz CT molecular complexity index is 773. The van der Waals surface area contributed by atoms with E-state index in [2.05, 4.69) is 16.4 Å². The Kier molecular flexibility index (Phi) is 6.62. The zero-order valence-electron chi connectivity index (χ0n) is 16.0. The predicted octanol–water partition coefficient (Wildman–Crippen LogP) is 2.32. The summed E-state index contributed by atoms with van der Waals surface area (Å²) in [7, 11) is 3.96. The van der Waals surface area contributed by atoms with Crippen LogP contribution in [0.25, 0.3) is 0 Å². The lowest BCUT2D eigenvalue weighted by Gasteiger charge is -2.20. The third kappa shape index (κ3) is 5.37. The lowest BCUT2D eigenvalue weighted by molar-refractivity contribution is -0.129. The lowest BCUT2D eigenvalue weighted by Crippen LogP contribution is -2.37. The number of likely N-dealkylation sites (N-methyl/N-ethyl adjacent to an activating group) is 1. The van der Waals surface area contributed by atoms with Crippen molar-refractivity contribution < 1.29 is 9.59 Å². The molecule has 2 aromatic rings. The maximum absolute atomic E-state index is 12.9. The van der Waals surface area contributed by atoms with Crippen LogP contribution in [-0.2, 0) is 16.0 Å². The molecule has 0 aromatic carbocycles. The predicted molar refractivity (Wildman–Crippen MR) is 109 cm³/mol. The molecule has 1 aliphatic rings. The van der Waals surface area contributed by atoms with Crippen molar-refractivity contribution in [1.82, 2.24) is 20.1 Å². The molecule has 0 saturated carbocycles. The number of rotatable bonds is 8. The third-order valence-electron chi connectivity index (χ3n) is 4.64. The minimum atomic E-state index is -0.286. The first-order valence-electron chi connectivity index (χ1n) is 9.09. The van der Waals surface area contributed by atoms with Crippen molar-refractivity contribution in [3.05, 3.63) is 38.5 Å². The number of nitrogens with zero attached hydrogens (tertiary/aromatic N) is 3. The number of aryl methyl sites for hydroxylation is 1. The molecule has 0 spiro atoms. The monoisotopic (exact) mass is 406 g/mol. The smallest absolute Gasteiger partial charge is 0.225 e. The van der Waals surface area contributed by atoms with Crippen molar-refractivity contribution in [3.63, 3.8) is 0 Å².